The average Bonchev–Trinajstić information content (AvgIpc) is 2.13. The molecule has 0 heterocycles. The number of unbranched alkanes of at least 4 members (excludes halogenated alkanes) is 1. The van der Waals surface area contributed by atoms with Crippen molar-refractivity contribution in [1.29, 1.82) is 0 Å². The van der Waals surface area contributed by atoms with Gasteiger partial charge in [0.1, 0.15) is 0 Å². The van der Waals surface area contributed by atoms with Gasteiger partial charge in [-0.05, 0) is 19.3 Å². The highest BCUT2D eigenvalue weighted by Crippen LogP contribution is 2.18. The third kappa shape index (κ3) is 4.91. The van der Waals surface area contributed by atoms with Gasteiger partial charge in [-0.25, -0.2) is 0 Å². The third-order valence-corrected chi connectivity index (χ3v) is 2.52. The molecule has 0 aliphatic carbocycles. The fraction of sp³-hybridized carbons (Fsp3) is 0.909. The first-order chi connectivity index (χ1) is 6.13. The Morgan fingerprint density at radius 3 is 2.38 bits per heavy atom. The first kappa shape index (κ1) is 12.5. The van der Waals surface area contributed by atoms with Crippen LogP contribution in [0.15, 0.2) is 0 Å². The molecule has 0 fully saturated rings. The van der Waals surface area contributed by atoms with Crippen LogP contribution in [0, 0.1) is 11.8 Å². The van der Waals surface area contributed by atoms with E-state index in [4.69, 9.17) is 4.74 Å². The summed E-state index contributed by atoms with van der Waals surface area (Å²) in [6, 6.07) is 0. The van der Waals surface area contributed by atoms with E-state index in [2.05, 4.69) is 13.8 Å². The summed E-state index contributed by atoms with van der Waals surface area (Å²) in [5.74, 6) is 0.441. The smallest absolute Gasteiger partial charge is 0.308 e. The molecule has 0 aromatic rings. The average molecular weight is 186 g/mol. The summed E-state index contributed by atoms with van der Waals surface area (Å²) in [5.41, 5.74) is 0. The van der Waals surface area contributed by atoms with Crippen LogP contribution in [0.1, 0.15) is 47.0 Å². The van der Waals surface area contributed by atoms with Gasteiger partial charge in [-0.2, -0.15) is 0 Å². The molecule has 0 rings (SSSR count). The summed E-state index contributed by atoms with van der Waals surface area (Å²) < 4.78 is 4.97. The zero-order valence-corrected chi connectivity index (χ0v) is 9.30. The van der Waals surface area contributed by atoms with Gasteiger partial charge < -0.3 is 4.74 Å². The van der Waals surface area contributed by atoms with Crippen molar-refractivity contribution in [1.82, 2.24) is 0 Å². The minimum absolute atomic E-state index is 0.0477. The van der Waals surface area contributed by atoms with E-state index in [9.17, 15) is 4.79 Å². The summed E-state index contributed by atoms with van der Waals surface area (Å²) in [5, 5.41) is 0. The summed E-state index contributed by atoms with van der Waals surface area (Å²) in [4.78, 5) is 11.3. The van der Waals surface area contributed by atoms with Crippen molar-refractivity contribution in [2.75, 3.05) is 6.61 Å². The first-order valence-electron chi connectivity index (χ1n) is 5.30. The van der Waals surface area contributed by atoms with E-state index in [0.717, 1.165) is 6.42 Å². The molecule has 0 aromatic carbocycles. The highest BCUT2D eigenvalue weighted by Gasteiger charge is 2.20. The topological polar surface area (TPSA) is 26.3 Å². The van der Waals surface area contributed by atoms with Crippen molar-refractivity contribution in [2.24, 2.45) is 11.8 Å². The molecule has 0 N–H and O–H groups in total. The van der Waals surface area contributed by atoms with Crippen LogP contribution < -0.4 is 0 Å². The van der Waals surface area contributed by atoms with Crippen molar-refractivity contribution >= 4 is 5.97 Å². The van der Waals surface area contributed by atoms with Crippen LogP contribution in [0.5, 0.6) is 0 Å². The van der Waals surface area contributed by atoms with E-state index < -0.39 is 0 Å². The van der Waals surface area contributed by atoms with Crippen molar-refractivity contribution in [3.8, 4) is 0 Å². The van der Waals surface area contributed by atoms with Gasteiger partial charge in [0.15, 0.2) is 0 Å². The number of carbonyl (C=O) groups is 1. The lowest BCUT2D eigenvalue weighted by Crippen LogP contribution is -2.21. The van der Waals surface area contributed by atoms with Crippen molar-refractivity contribution in [3.05, 3.63) is 0 Å². The van der Waals surface area contributed by atoms with E-state index in [1.165, 1.54) is 12.8 Å². The van der Waals surface area contributed by atoms with Gasteiger partial charge in [-0.3, -0.25) is 4.79 Å². The molecule has 0 saturated heterocycles. The molecule has 0 radical (unpaired) electrons. The zero-order chi connectivity index (χ0) is 10.3. The second kappa shape index (κ2) is 6.93. The number of esters is 1. The summed E-state index contributed by atoms with van der Waals surface area (Å²) in [6.45, 7) is 8.59. The highest BCUT2D eigenvalue weighted by atomic mass is 16.5. The molecular weight excluding hydrogens is 164 g/mol. The number of ether oxygens (including phenoxy) is 1. The number of hydrogen-bond donors (Lipinski definition) is 0. The van der Waals surface area contributed by atoms with Gasteiger partial charge in [-0.15, -0.1) is 0 Å². The van der Waals surface area contributed by atoms with Gasteiger partial charge >= 0.3 is 5.97 Å². The number of hydrogen-bond acceptors (Lipinski definition) is 2. The normalized spacial score (nSPS) is 15.1. The van der Waals surface area contributed by atoms with E-state index in [1.54, 1.807) is 0 Å². The van der Waals surface area contributed by atoms with E-state index >= 15 is 0 Å². The molecule has 2 nitrogen and oxygen atoms in total. The van der Waals surface area contributed by atoms with Crippen LogP contribution in [0.4, 0.5) is 0 Å². The predicted molar refractivity (Wildman–Crippen MR) is 54.5 cm³/mol. The molecule has 2 heteroatoms. The molecular formula is C11H22O2. The Bertz CT molecular complexity index is 143. The lowest BCUT2D eigenvalue weighted by Gasteiger charge is -2.17. The molecule has 0 spiro atoms. The van der Waals surface area contributed by atoms with Crippen LogP contribution in [0.2, 0.25) is 0 Å². The lowest BCUT2D eigenvalue weighted by molar-refractivity contribution is -0.149. The van der Waals surface area contributed by atoms with Crippen molar-refractivity contribution in [2.45, 2.75) is 47.0 Å². The van der Waals surface area contributed by atoms with Crippen molar-refractivity contribution in [3.63, 3.8) is 0 Å². The Morgan fingerprint density at radius 1 is 1.31 bits per heavy atom. The predicted octanol–water partition coefficient (Wildman–Crippen LogP) is 3.01. The second-order valence-corrected chi connectivity index (χ2v) is 3.66. The van der Waals surface area contributed by atoms with E-state index in [1.807, 2.05) is 13.8 Å². The molecule has 0 unspecified atom stereocenters. The van der Waals surface area contributed by atoms with Crippen LogP contribution in [0.3, 0.4) is 0 Å². The zero-order valence-electron chi connectivity index (χ0n) is 9.30. The largest absolute Gasteiger partial charge is 0.466 e. The van der Waals surface area contributed by atoms with Crippen LogP contribution in [-0.2, 0) is 9.53 Å². The molecule has 0 amide bonds. The Balaban J connectivity index is 3.79. The first-order valence-corrected chi connectivity index (χ1v) is 5.30. The minimum atomic E-state index is -0.0499. The molecule has 0 aliphatic heterocycles. The van der Waals surface area contributed by atoms with E-state index in [0.29, 0.717) is 12.5 Å². The Kier molecular flexibility index (Phi) is 6.65. The van der Waals surface area contributed by atoms with Gasteiger partial charge in [0.2, 0.25) is 0 Å². The van der Waals surface area contributed by atoms with Crippen LogP contribution in [0.25, 0.3) is 0 Å². The standard InChI is InChI=1S/C11H22O2/c1-5-7-8-9(3)10(4)11(12)13-6-2/h9-10H,5-8H2,1-4H3/t9-,10+/m1/s1. The Morgan fingerprint density at radius 2 is 1.92 bits per heavy atom. The van der Waals surface area contributed by atoms with Gasteiger partial charge in [0.05, 0.1) is 12.5 Å². The Hall–Kier alpha value is -0.530. The summed E-state index contributed by atoms with van der Waals surface area (Å²) in [7, 11) is 0. The third-order valence-electron chi connectivity index (χ3n) is 2.52. The molecule has 13 heavy (non-hydrogen) atoms. The fourth-order valence-corrected chi connectivity index (χ4v) is 1.28. The second-order valence-electron chi connectivity index (χ2n) is 3.66. The summed E-state index contributed by atoms with van der Waals surface area (Å²) >= 11 is 0. The fourth-order valence-electron chi connectivity index (χ4n) is 1.28. The molecule has 0 bridgehead atoms. The maximum atomic E-state index is 11.3. The molecule has 78 valence electrons. The monoisotopic (exact) mass is 186 g/mol. The SMILES string of the molecule is CCCC[C@@H](C)[C@H](C)C(=O)OCC. The van der Waals surface area contributed by atoms with E-state index in [-0.39, 0.29) is 11.9 Å². The Labute approximate surface area is 81.7 Å². The van der Waals surface area contributed by atoms with Gasteiger partial charge in [-0.1, -0.05) is 33.6 Å². The van der Waals surface area contributed by atoms with Crippen molar-refractivity contribution < 1.29 is 9.53 Å². The minimum Gasteiger partial charge on any atom is -0.466 e. The molecule has 0 saturated carbocycles. The van der Waals surface area contributed by atoms with Crippen LogP contribution in [-0.4, -0.2) is 12.6 Å². The maximum Gasteiger partial charge on any atom is 0.308 e. The van der Waals surface area contributed by atoms with Crippen LogP contribution >= 0.6 is 0 Å². The van der Waals surface area contributed by atoms with Gasteiger partial charge in [0, 0.05) is 0 Å². The number of carbonyl (C=O) groups excluding carboxylic acids is 1. The lowest BCUT2D eigenvalue weighted by atomic mass is 9.91. The molecule has 0 aromatic heterocycles. The quantitative estimate of drug-likeness (QED) is 0.596. The summed E-state index contributed by atoms with van der Waals surface area (Å²) in [6.07, 6.45) is 3.52. The number of rotatable bonds is 6. The van der Waals surface area contributed by atoms with Gasteiger partial charge in [0.25, 0.3) is 0 Å². The maximum absolute atomic E-state index is 11.3. The molecule has 2 atom stereocenters. The molecule has 0 aliphatic rings. The highest BCUT2D eigenvalue weighted by molar-refractivity contribution is 5.72.